The van der Waals surface area contributed by atoms with Gasteiger partial charge in [-0.2, -0.15) is 11.8 Å². The zero-order chi connectivity index (χ0) is 9.10. The number of nitrogens with two attached hydrogens (primary N) is 1. The molecule has 4 heteroatoms. The number of thioether (sulfide) groups is 1. The van der Waals surface area contributed by atoms with Gasteiger partial charge in [-0.05, 0) is 25.0 Å². The van der Waals surface area contributed by atoms with Gasteiger partial charge in [0.05, 0.1) is 6.61 Å². The van der Waals surface area contributed by atoms with Crippen molar-refractivity contribution in [2.45, 2.75) is 30.6 Å². The lowest BCUT2D eigenvalue weighted by Crippen LogP contribution is -2.47. The lowest BCUT2D eigenvalue weighted by atomic mass is 9.95. The van der Waals surface area contributed by atoms with E-state index in [1.54, 1.807) is 0 Å². The third-order valence-corrected chi connectivity index (χ3v) is 4.51. The van der Waals surface area contributed by atoms with Crippen molar-refractivity contribution in [3.05, 3.63) is 0 Å². The maximum Gasteiger partial charge on any atom is 0.0510 e. The van der Waals surface area contributed by atoms with Crippen molar-refractivity contribution >= 4 is 11.8 Å². The zero-order valence-electron chi connectivity index (χ0n) is 7.87. The van der Waals surface area contributed by atoms with Gasteiger partial charge in [-0.1, -0.05) is 0 Å². The molecule has 3 atom stereocenters. The molecule has 76 valence electrons. The summed E-state index contributed by atoms with van der Waals surface area (Å²) in [5.41, 5.74) is 2.99. The largest absolute Gasteiger partial charge is 0.381 e. The Morgan fingerprint density at radius 3 is 2.92 bits per heavy atom. The van der Waals surface area contributed by atoms with Crippen LogP contribution in [-0.4, -0.2) is 30.3 Å². The third kappa shape index (κ3) is 2.18. The lowest BCUT2D eigenvalue weighted by Gasteiger charge is -2.26. The second kappa shape index (κ2) is 4.64. The van der Waals surface area contributed by atoms with Gasteiger partial charge in [0.2, 0.25) is 0 Å². The highest BCUT2D eigenvalue weighted by atomic mass is 32.2. The Labute approximate surface area is 83.7 Å². The second-order valence-electron chi connectivity index (χ2n) is 3.87. The number of hydrogen-bond donors (Lipinski definition) is 2. The first-order valence-corrected chi connectivity index (χ1v) is 6.12. The molecule has 2 saturated heterocycles. The fourth-order valence-electron chi connectivity index (χ4n) is 2.27. The highest BCUT2D eigenvalue weighted by Gasteiger charge is 2.33. The van der Waals surface area contributed by atoms with Gasteiger partial charge >= 0.3 is 0 Å². The highest BCUT2D eigenvalue weighted by molar-refractivity contribution is 8.00. The minimum absolute atomic E-state index is 0.468. The van der Waals surface area contributed by atoms with E-state index in [0.717, 1.165) is 18.5 Å². The van der Waals surface area contributed by atoms with Crippen molar-refractivity contribution in [3.8, 4) is 0 Å². The van der Waals surface area contributed by atoms with E-state index in [0.29, 0.717) is 12.0 Å². The number of hydrogen-bond acceptors (Lipinski definition) is 4. The Kier molecular flexibility index (Phi) is 3.49. The Morgan fingerprint density at radius 1 is 1.46 bits per heavy atom. The molecule has 0 radical (unpaired) electrons. The third-order valence-electron chi connectivity index (χ3n) is 3.03. The van der Waals surface area contributed by atoms with Crippen molar-refractivity contribution < 1.29 is 4.74 Å². The van der Waals surface area contributed by atoms with Crippen molar-refractivity contribution in [1.82, 2.24) is 5.43 Å². The molecule has 2 aliphatic rings. The number of hydrazine groups is 1. The van der Waals surface area contributed by atoms with Crippen LogP contribution in [0, 0.1) is 5.92 Å². The Bertz CT molecular complexity index is 140. The molecule has 0 bridgehead atoms. The van der Waals surface area contributed by atoms with Crippen LogP contribution in [0.15, 0.2) is 0 Å². The molecule has 0 aliphatic carbocycles. The van der Waals surface area contributed by atoms with E-state index >= 15 is 0 Å². The van der Waals surface area contributed by atoms with Crippen LogP contribution in [0.1, 0.15) is 19.3 Å². The first-order chi connectivity index (χ1) is 6.42. The van der Waals surface area contributed by atoms with Crippen molar-refractivity contribution in [2.24, 2.45) is 11.8 Å². The summed E-state index contributed by atoms with van der Waals surface area (Å²) in [4.78, 5) is 0. The van der Waals surface area contributed by atoms with Crippen molar-refractivity contribution in [2.75, 3.05) is 19.0 Å². The molecule has 2 fully saturated rings. The second-order valence-corrected chi connectivity index (χ2v) is 5.21. The summed E-state index contributed by atoms with van der Waals surface area (Å²) >= 11 is 2.06. The Hall–Kier alpha value is 0.230. The maximum absolute atomic E-state index is 5.61. The summed E-state index contributed by atoms with van der Waals surface area (Å²) in [6, 6.07) is 0.468. The van der Waals surface area contributed by atoms with E-state index in [4.69, 9.17) is 10.6 Å². The Morgan fingerprint density at radius 2 is 2.38 bits per heavy atom. The summed E-state index contributed by atoms with van der Waals surface area (Å²) in [7, 11) is 0. The van der Waals surface area contributed by atoms with E-state index in [-0.39, 0.29) is 0 Å². The van der Waals surface area contributed by atoms with E-state index < -0.39 is 0 Å². The van der Waals surface area contributed by atoms with Crippen LogP contribution in [0.5, 0.6) is 0 Å². The average Bonchev–Trinajstić information content (AvgIpc) is 2.76. The highest BCUT2D eigenvalue weighted by Crippen LogP contribution is 2.33. The molecule has 0 aromatic rings. The van der Waals surface area contributed by atoms with Gasteiger partial charge in [-0.25, -0.2) is 0 Å². The monoisotopic (exact) mass is 202 g/mol. The molecule has 13 heavy (non-hydrogen) atoms. The summed E-state index contributed by atoms with van der Waals surface area (Å²) in [6.45, 7) is 1.81. The molecule has 2 aliphatic heterocycles. The molecule has 0 amide bonds. The molecular formula is C9H18N2OS. The van der Waals surface area contributed by atoms with E-state index in [2.05, 4.69) is 17.2 Å². The van der Waals surface area contributed by atoms with Gasteiger partial charge in [-0.3, -0.25) is 11.3 Å². The zero-order valence-corrected chi connectivity index (χ0v) is 8.69. The van der Waals surface area contributed by atoms with Crippen LogP contribution >= 0.6 is 11.8 Å². The predicted molar refractivity (Wildman–Crippen MR) is 55.5 cm³/mol. The van der Waals surface area contributed by atoms with Crippen LogP contribution in [0.25, 0.3) is 0 Å². The van der Waals surface area contributed by atoms with E-state index in [9.17, 15) is 0 Å². The van der Waals surface area contributed by atoms with Gasteiger partial charge in [0.1, 0.15) is 0 Å². The lowest BCUT2D eigenvalue weighted by molar-refractivity contribution is 0.176. The first-order valence-electron chi connectivity index (χ1n) is 5.07. The van der Waals surface area contributed by atoms with E-state index in [1.807, 2.05) is 0 Å². The SMILES string of the molecule is NNC(C1CCOC1)C1CCCS1. The topological polar surface area (TPSA) is 47.3 Å². The summed E-state index contributed by atoms with van der Waals surface area (Å²) in [5.74, 6) is 7.55. The average molecular weight is 202 g/mol. The number of nitrogens with one attached hydrogen (secondary N) is 1. The molecule has 3 nitrogen and oxygen atoms in total. The molecule has 2 rings (SSSR count). The summed E-state index contributed by atoms with van der Waals surface area (Å²) in [6.07, 6.45) is 3.84. The van der Waals surface area contributed by atoms with Crippen LogP contribution < -0.4 is 11.3 Å². The van der Waals surface area contributed by atoms with Gasteiger partial charge < -0.3 is 4.74 Å². The van der Waals surface area contributed by atoms with Crippen molar-refractivity contribution in [1.29, 1.82) is 0 Å². The smallest absolute Gasteiger partial charge is 0.0510 e. The number of rotatable bonds is 3. The van der Waals surface area contributed by atoms with Crippen LogP contribution in [-0.2, 0) is 4.74 Å². The molecule has 2 heterocycles. The fraction of sp³-hybridized carbons (Fsp3) is 1.00. The molecule has 3 unspecified atom stereocenters. The fourth-order valence-corrected chi connectivity index (χ4v) is 3.75. The summed E-state index contributed by atoms with van der Waals surface area (Å²) in [5, 5.41) is 0.719. The van der Waals surface area contributed by atoms with Crippen LogP contribution in [0.3, 0.4) is 0 Å². The predicted octanol–water partition coefficient (Wildman–Crippen LogP) is 0.750. The maximum atomic E-state index is 5.61. The molecule has 0 spiro atoms. The molecule has 0 saturated carbocycles. The molecule has 0 aromatic carbocycles. The van der Waals surface area contributed by atoms with E-state index in [1.165, 1.54) is 25.0 Å². The van der Waals surface area contributed by atoms with Crippen LogP contribution in [0.2, 0.25) is 0 Å². The van der Waals surface area contributed by atoms with Crippen LogP contribution in [0.4, 0.5) is 0 Å². The van der Waals surface area contributed by atoms with Crippen molar-refractivity contribution in [3.63, 3.8) is 0 Å². The standard InChI is InChI=1S/C9H18N2OS/c10-11-9(7-3-4-12-6-7)8-2-1-5-13-8/h7-9,11H,1-6,10H2. The first kappa shape index (κ1) is 9.77. The Balaban J connectivity index is 1.90. The van der Waals surface area contributed by atoms with Gasteiger partial charge in [0.15, 0.2) is 0 Å². The normalized spacial score (nSPS) is 36.7. The molecule has 0 aromatic heterocycles. The minimum atomic E-state index is 0.468. The number of ether oxygens (including phenoxy) is 1. The van der Waals surface area contributed by atoms with Gasteiger partial charge in [0.25, 0.3) is 0 Å². The summed E-state index contributed by atoms with van der Waals surface area (Å²) < 4.78 is 5.39. The molecule has 3 N–H and O–H groups in total. The molecular weight excluding hydrogens is 184 g/mol. The quantitative estimate of drug-likeness (QED) is 0.524. The van der Waals surface area contributed by atoms with Gasteiger partial charge in [0, 0.05) is 23.8 Å². The minimum Gasteiger partial charge on any atom is -0.381 e. The van der Waals surface area contributed by atoms with Gasteiger partial charge in [-0.15, -0.1) is 0 Å².